The highest BCUT2D eigenvalue weighted by Crippen LogP contribution is 2.57. The number of anilines is 1. The van der Waals surface area contributed by atoms with Gasteiger partial charge in [-0.15, -0.1) is 0 Å². The summed E-state index contributed by atoms with van der Waals surface area (Å²) in [6.07, 6.45) is 14.7. The summed E-state index contributed by atoms with van der Waals surface area (Å²) >= 11 is 0. The fourth-order valence-electron chi connectivity index (χ4n) is 9.14. The number of fused-ring (bicyclic) bond motifs is 7. The van der Waals surface area contributed by atoms with Crippen LogP contribution in [0, 0.1) is 0 Å². The molecule has 8 rings (SSSR count). The Labute approximate surface area is 262 Å². The predicted octanol–water partition coefficient (Wildman–Crippen LogP) is 11.1. The highest BCUT2D eigenvalue weighted by atomic mass is 15.2. The molecular weight excluding hydrogens is 530 g/mol. The molecule has 44 heavy (non-hydrogen) atoms. The van der Waals surface area contributed by atoms with Crippen molar-refractivity contribution in [1.82, 2.24) is 0 Å². The molecule has 0 amide bonds. The minimum absolute atomic E-state index is 0.0995. The van der Waals surface area contributed by atoms with Gasteiger partial charge in [0.15, 0.2) is 0 Å². The van der Waals surface area contributed by atoms with E-state index in [0.29, 0.717) is 0 Å². The van der Waals surface area contributed by atoms with Crippen LogP contribution in [-0.2, 0) is 17.3 Å². The van der Waals surface area contributed by atoms with Gasteiger partial charge in [0.2, 0.25) is 0 Å². The number of hydrogen-bond donors (Lipinski definition) is 0. The summed E-state index contributed by atoms with van der Waals surface area (Å²) in [5, 5.41) is 5.40. The largest absolute Gasteiger partial charge is 0.347 e. The predicted molar refractivity (Wildman–Crippen MR) is 188 cm³/mol. The van der Waals surface area contributed by atoms with Crippen molar-refractivity contribution in [3.63, 3.8) is 0 Å². The number of hydrogen-bond acceptors (Lipinski definition) is 1. The first kappa shape index (κ1) is 27.2. The SMILES string of the molecule is CC1=C(/C=C/C=C2/N(C)c3c(ccc4ccccc34)C23CCCCC3)C(C)(Cc2ccccc2)c2c1ccc1ccccc21. The molecule has 1 spiro atoms. The molecule has 0 bridgehead atoms. The molecule has 2 aliphatic carbocycles. The summed E-state index contributed by atoms with van der Waals surface area (Å²) in [5.74, 6) is 0. The van der Waals surface area contributed by atoms with Crippen molar-refractivity contribution >= 4 is 32.8 Å². The van der Waals surface area contributed by atoms with E-state index in [4.69, 9.17) is 0 Å². The van der Waals surface area contributed by atoms with Crippen molar-refractivity contribution in [1.29, 1.82) is 0 Å². The third-order valence-electron chi connectivity index (χ3n) is 11.1. The molecule has 0 saturated heterocycles. The van der Waals surface area contributed by atoms with Crippen LogP contribution in [0.3, 0.4) is 0 Å². The topological polar surface area (TPSA) is 3.24 Å². The van der Waals surface area contributed by atoms with Crippen LogP contribution >= 0.6 is 0 Å². The van der Waals surface area contributed by atoms with Gasteiger partial charge in [-0.1, -0.05) is 141 Å². The van der Waals surface area contributed by atoms with Crippen LogP contribution in [-0.4, -0.2) is 7.05 Å². The average Bonchev–Trinajstić information content (AvgIpc) is 3.41. The van der Waals surface area contributed by atoms with Crippen LogP contribution < -0.4 is 4.90 Å². The van der Waals surface area contributed by atoms with Crippen LogP contribution in [0.15, 0.2) is 133 Å². The minimum Gasteiger partial charge on any atom is -0.347 e. The van der Waals surface area contributed by atoms with Crippen molar-refractivity contribution in [2.24, 2.45) is 0 Å². The molecule has 1 heterocycles. The van der Waals surface area contributed by atoms with Gasteiger partial charge in [-0.2, -0.15) is 0 Å². The Hall–Kier alpha value is -4.36. The van der Waals surface area contributed by atoms with E-state index < -0.39 is 0 Å². The first-order chi connectivity index (χ1) is 21.5. The molecule has 1 nitrogen and oxygen atoms in total. The van der Waals surface area contributed by atoms with Crippen molar-refractivity contribution in [2.45, 2.75) is 63.2 Å². The molecule has 0 radical (unpaired) electrons. The molecule has 218 valence electrons. The van der Waals surface area contributed by atoms with E-state index in [2.05, 4.69) is 147 Å². The normalized spacial score (nSPS) is 21.7. The first-order valence-corrected chi connectivity index (χ1v) is 16.4. The fraction of sp³-hybridized carbons (Fsp3) is 0.256. The maximum atomic E-state index is 2.52. The lowest BCUT2D eigenvalue weighted by molar-refractivity contribution is 0.347. The van der Waals surface area contributed by atoms with Gasteiger partial charge >= 0.3 is 0 Å². The average molecular weight is 572 g/mol. The molecule has 1 aliphatic heterocycles. The van der Waals surface area contributed by atoms with Crippen molar-refractivity contribution in [3.8, 4) is 0 Å². The molecule has 1 saturated carbocycles. The van der Waals surface area contributed by atoms with E-state index in [1.807, 2.05) is 0 Å². The summed E-state index contributed by atoms with van der Waals surface area (Å²) < 4.78 is 0. The molecule has 0 aromatic heterocycles. The summed E-state index contributed by atoms with van der Waals surface area (Å²) in [5.41, 5.74) is 11.5. The lowest BCUT2D eigenvalue weighted by Gasteiger charge is -2.36. The summed E-state index contributed by atoms with van der Waals surface area (Å²) in [4.78, 5) is 2.52. The lowest BCUT2D eigenvalue weighted by Crippen LogP contribution is -2.31. The fourth-order valence-corrected chi connectivity index (χ4v) is 9.14. The maximum absolute atomic E-state index is 2.52. The first-order valence-electron chi connectivity index (χ1n) is 16.4. The Kier molecular flexibility index (Phi) is 6.42. The quantitative estimate of drug-likeness (QED) is 0.207. The van der Waals surface area contributed by atoms with E-state index in [1.54, 1.807) is 0 Å². The Morgan fingerprint density at radius 1 is 0.727 bits per heavy atom. The number of nitrogens with zero attached hydrogens (tertiary/aromatic N) is 1. The smallest absolute Gasteiger partial charge is 0.0527 e. The van der Waals surface area contributed by atoms with Gasteiger partial charge in [0.05, 0.1) is 5.69 Å². The van der Waals surface area contributed by atoms with E-state index in [1.165, 1.54) is 98.4 Å². The van der Waals surface area contributed by atoms with Crippen LogP contribution in [0.2, 0.25) is 0 Å². The Morgan fingerprint density at radius 2 is 1.39 bits per heavy atom. The molecule has 3 aliphatic rings. The van der Waals surface area contributed by atoms with Crippen molar-refractivity contribution < 1.29 is 0 Å². The molecule has 5 aromatic carbocycles. The second-order valence-corrected chi connectivity index (χ2v) is 13.5. The van der Waals surface area contributed by atoms with Crippen LogP contribution in [0.4, 0.5) is 5.69 Å². The highest BCUT2D eigenvalue weighted by molar-refractivity contribution is 6.00. The Bertz CT molecular complexity index is 2000. The van der Waals surface area contributed by atoms with Crippen molar-refractivity contribution in [3.05, 3.63) is 155 Å². The van der Waals surface area contributed by atoms with Crippen molar-refractivity contribution in [2.75, 3.05) is 11.9 Å². The van der Waals surface area contributed by atoms with E-state index in [9.17, 15) is 0 Å². The molecule has 1 fully saturated rings. The van der Waals surface area contributed by atoms with Crippen LogP contribution in [0.1, 0.15) is 68.2 Å². The van der Waals surface area contributed by atoms with Gasteiger partial charge in [0.1, 0.15) is 0 Å². The zero-order valence-corrected chi connectivity index (χ0v) is 26.2. The number of likely N-dealkylation sites (N-methyl/N-ethyl adjacent to an activating group) is 1. The molecular formula is C43H41N. The number of benzene rings is 5. The maximum Gasteiger partial charge on any atom is 0.0527 e. The van der Waals surface area contributed by atoms with E-state index >= 15 is 0 Å². The molecule has 0 N–H and O–H groups in total. The zero-order valence-electron chi connectivity index (χ0n) is 26.2. The molecule has 1 unspecified atom stereocenters. The van der Waals surface area contributed by atoms with Gasteiger partial charge in [0.25, 0.3) is 0 Å². The van der Waals surface area contributed by atoms with E-state index in [-0.39, 0.29) is 10.8 Å². The summed E-state index contributed by atoms with van der Waals surface area (Å²) in [6, 6.07) is 38.3. The van der Waals surface area contributed by atoms with E-state index in [0.717, 1.165) is 6.42 Å². The van der Waals surface area contributed by atoms with Crippen LogP contribution in [0.5, 0.6) is 0 Å². The number of allylic oxidation sites excluding steroid dienone is 6. The second kappa shape index (κ2) is 10.4. The monoisotopic (exact) mass is 571 g/mol. The van der Waals surface area contributed by atoms with Gasteiger partial charge in [-0.3, -0.25) is 0 Å². The molecule has 1 heteroatoms. The summed E-state index contributed by atoms with van der Waals surface area (Å²) in [7, 11) is 2.30. The van der Waals surface area contributed by atoms with Gasteiger partial charge in [-0.05, 0) is 81.8 Å². The van der Waals surface area contributed by atoms with Gasteiger partial charge in [0, 0.05) is 29.0 Å². The zero-order chi connectivity index (χ0) is 29.9. The van der Waals surface area contributed by atoms with Crippen LogP contribution in [0.25, 0.3) is 27.1 Å². The number of rotatable bonds is 4. The Morgan fingerprint density at radius 3 is 2.16 bits per heavy atom. The Balaban J connectivity index is 1.26. The third kappa shape index (κ3) is 3.98. The molecule has 5 aromatic rings. The molecule has 1 atom stereocenters. The minimum atomic E-state index is -0.125. The third-order valence-corrected chi connectivity index (χ3v) is 11.1. The van der Waals surface area contributed by atoms with Gasteiger partial charge < -0.3 is 4.90 Å². The highest BCUT2D eigenvalue weighted by Gasteiger charge is 2.47. The standard InChI is InChI=1S/C43H41N/c1-30-34-25-23-32-17-8-10-19-35(32)40(34)42(2,29-31-15-6-4-7-16-31)37(30)21-14-22-39-43(27-12-5-13-28-43)38-26-24-33-18-9-11-20-36(33)41(38)44(39)3/h4,6-11,14-26H,5,12-13,27-29H2,1-3H3/b21-14+,39-22+. The second-order valence-electron chi connectivity index (χ2n) is 13.5. The van der Waals surface area contributed by atoms with Gasteiger partial charge in [-0.25, -0.2) is 0 Å². The lowest BCUT2D eigenvalue weighted by atomic mass is 9.68. The summed E-state index contributed by atoms with van der Waals surface area (Å²) in [6.45, 7) is 4.81.